The smallest absolute Gasteiger partial charge is 0.180 e. The van der Waals surface area contributed by atoms with Crippen molar-refractivity contribution in [2.45, 2.75) is 6.61 Å². The Hall–Kier alpha value is -2.65. The van der Waals surface area contributed by atoms with Crippen molar-refractivity contribution in [1.82, 2.24) is 10.0 Å². The third-order valence-corrected chi connectivity index (χ3v) is 3.55. The molecule has 0 radical (unpaired) electrons. The maximum Gasteiger partial charge on any atom is 0.180 e. The predicted molar refractivity (Wildman–Crippen MR) is 88.1 cm³/mol. The average molecular weight is 335 g/mol. The molecule has 2 rings (SSSR count). The third-order valence-electron chi connectivity index (χ3n) is 2.83. The van der Waals surface area contributed by atoms with E-state index in [2.05, 4.69) is 10.1 Å². The number of nitrogen functional groups attached to an aromatic ring is 1. The molecule has 23 heavy (non-hydrogen) atoms. The molecular formula is C14H17N5O3S. The van der Waals surface area contributed by atoms with E-state index in [4.69, 9.17) is 20.7 Å². The van der Waals surface area contributed by atoms with E-state index < -0.39 is 0 Å². The van der Waals surface area contributed by atoms with Gasteiger partial charge in [-0.15, -0.1) is 11.3 Å². The minimum atomic E-state index is -0.212. The van der Waals surface area contributed by atoms with Gasteiger partial charge in [0.15, 0.2) is 23.3 Å². The van der Waals surface area contributed by atoms with Crippen LogP contribution in [0.2, 0.25) is 0 Å². The van der Waals surface area contributed by atoms with Gasteiger partial charge in [-0.05, 0) is 12.1 Å². The SMILES string of the molecule is COc1cccc(/C(=N\OCc2csc(N)n2)C(=N)N(C)O)c1. The first-order chi connectivity index (χ1) is 11.0. The number of benzene rings is 1. The molecular weight excluding hydrogens is 318 g/mol. The number of hydrogen-bond donors (Lipinski definition) is 3. The van der Waals surface area contributed by atoms with E-state index in [-0.39, 0.29) is 18.2 Å². The second-order valence-electron chi connectivity index (χ2n) is 4.49. The van der Waals surface area contributed by atoms with Gasteiger partial charge in [-0.3, -0.25) is 10.6 Å². The first-order valence-corrected chi connectivity index (χ1v) is 7.45. The molecule has 0 fully saturated rings. The molecule has 0 amide bonds. The highest BCUT2D eigenvalue weighted by Gasteiger charge is 2.15. The van der Waals surface area contributed by atoms with Gasteiger partial charge in [-0.25, -0.2) is 10.0 Å². The van der Waals surface area contributed by atoms with Gasteiger partial charge in [0.1, 0.15) is 5.75 Å². The fraction of sp³-hybridized carbons (Fsp3) is 0.214. The van der Waals surface area contributed by atoms with Gasteiger partial charge in [-0.2, -0.15) is 0 Å². The number of likely N-dealkylation sites (N-methyl/N-ethyl adjacent to an activating group) is 1. The summed E-state index contributed by atoms with van der Waals surface area (Å²) >= 11 is 1.31. The number of anilines is 1. The lowest BCUT2D eigenvalue weighted by Crippen LogP contribution is -2.30. The topological polar surface area (TPSA) is 117 Å². The molecule has 8 nitrogen and oxygen atoms in total. The number of methoxy groups -OCH3 is 1. The van der Waals surface area contributed by atoms with E-state index in [0.717, 1.165) is 0 Å². The van der Waals surface area contributed by atoms with Crippen LogP contribution in [-0.4, -0.2) is 41.0 Å². The Kier molecular flexibility index (Phi) is 5.50. The Labute approximate surface area is 137 Å². The zero-order valence-corrected chi connectivity index (χ0v) is 13.5. The number of nitrogens with zero attached hydrogens (tertiary/aromatic N) is 3. The maximum atomic E-state index is 9.51. The summed E-state index contributed by atoms with van der Waals surface area (Å²) in [5, 5.41) is 24.3. The largest absolute Gasteiger partial charge is 0.497 e. The molecule has 0 aliphatic rings. The molecule has 1 heterocycles. The summed E-state index contributed by atoms with van der Waals surface area (Å²) in [6.07, 6.45) is 0. The van der Waals surface area contributed by atoms with Crippen LogP contribution in [0.5, 0.6) is 5.75 Å². The van der Waals surface area contributed by atoms with E-state index in [1.165, 1.54) is 18.4 Å². The molecule has 0 saturated carbocycles. The van der Waals surface area contributed by atoms with Crippen molar-refractivity contribution in [3.05, 3.63) is 40.9 Å². The Morgan fingerprint density at radius 3 is 2.91 bits per heavy atom. The van der Waals surface area contributed by atoms with Gasteiger partial charge in [0.25, 0.3) is 0 Å². The van der Waals surface area contributed by atoms with Gasteiger partial charge in [0, 0.05) is 18.0 Å². The molecule has 0 aliphatic carbocycles. The van der Waals surface area contributed by atoms with Crippen molar-refractivity contribution in [2.75, 3.05) is 19.9 Å². The number of hydrogen-bond acceptors (Lipinski definition) is 8. The van der Waals surface area contributed by atoms with Crippen LogP contribution in [0.15, 0.2) is 34.8 Å². The minimum Gasteiger partial charge on any atom is -0.497 e. The first kappa shape index (κ1) is 16.7. The maximum absolute atomic E-state index is 9.51. The number of nitrogens with two attached hydrogens (primary N) is 1. The van der Waals surface area contributed by atoms with Crippen LogP contribution in [0.3, 0.4) is 0 Å². The van der Waals surface area contributed by atoms with Crippen LogP contribution < -0.4 is 10.5 Å². The summed E-state index contributed by atoms with van der Waals surface area (Å²) in [4.78, 5) is 9.31. The van der Waals surface area contributed by atoms with Crippen LogP contribution >= 0.6 is 11.3 Å². The summed E-state index contributed by atoms with van der Waals surface area (Å²) in [5.74, 6) is 0.395. The monoisotopic (exact) mass is 335 g/mol. The quantitative estimate of drug-likeness (QED) is 0.422. The molecule has 0 unspecified atom stereocenters. The van der Waals surface area contributed by atoms with Crippen LogP contribution in [0.1, 0.15) is 11.3 Å². The summed E-state index contributed by atoms with van der Waals surface area (Å²) < 4.78 is 5.16. The molecule has 0 saturated heterocycles. The number of nitrogens with one attached hydrogen (secondary N) is 1. The average Bonchev–Trinajstić information content (AvgIpc) is 2.96. The van der Waals surface area contributed by atoms with E-state index in [1.807, 2.05) is 0 Å². The fourth-order valence-corrected chi connectivity index (χ4v) is 2.26. The first-order valence-electron chi connectivity index (χ1n) is 6.57. The lowest BCUT2D eigenvalue weighted by molar-refractivity contribution is 0.0148. The van der Waals surface area contributed by atoms with Crippen LogP contribution in [0.25, 0.3) is 0 Å². The molecule has 4 N–H and O–H groups in total. The third kappa shape index (κ3) is 4.41. The van der Waals surface area contributed by atoms with Crippen molar-refractivity contribution in [1.29, 1.82) is 5.41 Å². The van der Waals surface area contributed by atoms with Crippen molar-refractivity contribution in [3.8, 4) is 5.75 Å². The predicted octanol–water partition coefficient (Wildman–Crippen LogP) is 1.95. The molecule has 2 aromatic rings. The number of aromatic nitrogens is 1. The standard InChI is InChI=1S/C14H17N5O3S/c1-19(20)13(15)12(9-4-3-5-11(6-9)21-2)18-22-7-10-8-23-14(16)17-10/h3-6,8,15,20H,7H2,1-2H3,(H2,16,17)/b15-13?,18-12+. The number of oxime groups is 1. The summed E-state index contributed by atoms with van der Waals surface area (Å²) in [5.41, 5.74) is 6.93. The van der Waals surface area contributed by atoms with Gasteiger partial charge in [-0.1, -0.05) is 17.3 Å². The summed E-state index contributed by atoms with van der Waals surface area (Å²) in [6.45, 7) is 0.115. The number of thiazole rings is 1. The van der Waals surface area contributed by atoms with Crippen LogP contribution in [-0.2, 0) is 11.4 Å². The highest BCUT2D eigenvalue weighted by atomic mass is 32.1. The highest BCUT2D eigenvalue weighted by Crippen LogP contribution is 2.15. The van der Waals surface area contributed by atoms with Crippen LogP contribution in [0, 0.1) is 5.41 Å². The minimum absolute atomic E-state index is 0.115. The van der Waals surface area contributed by atoms with E-state index in [1.54, 1.807) is 36.8 Å². The van der Waals surface area contributed by atoms with Gasteiger partial charge in [0.2, 0.25) is 0 Å². The van der Waals surface area contributed by atoms with Crippen molar-refractivity contribution < 1.29 is 14.8 Å². The van der Waals surface area contributed by atoms with E-state index >= 15 is 0 Å². The highest BCUT2D eigenvalue weighted by molar-refractivity contribution is 7.13. The zero-order valence-electron chi connectivity index (χ0n) is 12.7. The summed E-state index contributed by atoms with van der Waals surface area (Å²) in [6, 6.07) is 6.96. The molecule has 0 atom stereocenters. The Bertz CT molecular complexity index is 714. The lowest BCUT2D eigenvalue weighted by Gasteiger charge is -2.14. The zero-order chi connectivity index (χ0) is 16.8. The Balaban J connectivity index is 2.22. The fourth-order valence-electron chi connectivity index (χ4n) is 1.71. The number of ether oxygens (including phenoxy) is 1. The van der Waals surface area contributed by atoms with Crippen molar-refractivity contribution in [2.24, 2.45) is 5.16 Å². The Morgan fingerprint density at radius 1 is 1.52 bits per heavy atom. The molecule has 0 spiro atoms. The van der Waals surface area contributed by atoms with Crippen molar-refractivity contribution >= 4 is 28.0 Å². The molecule has 0 bridgehead atoms. The van der Waals surface area contributed by atoms with Gasteiger partial charge < -0.3 is 15.3 Å². The van der Waals surface area contributed by atoms with E-state index in [9.17, 15) is 5.21 Å². The van der Waals surface area contributed by atoms with Gasteiger partial charge >= 0.3 is 0 Å². The van der Waals surface area contributed by atoms with Crippen molar-refractivity contribution in [3.63, 3.8) is 0 Å². The summed E-state index contributed by atoms with van der Waals surface area (Å²) in [7, 11) is 2.88. The number of hydroxylamine groups is 2. The molecule has 1 aromatic heterocycles. The van der Waals surface area contributed by atoms with E-state index in [0.29, 0.717) is 27.2 Å². The molecule has 1 aromatic carbocycles. The lowest BCUT2D eigenvalue weighted by atomic mass is 10.1. The Morgan fingerprint density at radius 2 is 2.30 bits per heavy atom. The molecule has 9 heteroatoms. The number of rotatable bonds is 6. The second-order valence-corrected chi connectivity index (χ2v) is 5.38. The molecule has 0 aliphatic heterocycles. The number of amidine groups is 1. The second kappa shape index (κ2) is 7.56. The normalized spacial score (nSPS) is 11.2. The molecule has 122 valence electrons. The van der Waals surface area contributed by atoms with Crippen LogP contribution in [0.4, 0.5) is 5.13 Å². The van der Waals surface area contributed by atoms with Gasteiger partial charge in [0.05, 0.1) is 12.8 Å².